The van der Waals surface area contributed by atoms with Gasteiger partial charge in [0.05, 0.1) is 0 Å². The average molecular weight is 650 g/mol. The van der Waals surface area contributed by atoms with Gasteiger partial charge >= 0.3 is 0 Å². The molecule has 2 amide bonds. The van der Waals surface area contributed by atoms with Crippen LogP contribution in [0.4, 0.5) is 0 Å². The molecule has 0 radical (unpaired) electrons. The zero-order chi connectivity index (χ0) is 33.9. The first-order valence-corrected chi connectivity index (χ1v) is 20.6. The number of carbonyl (C=O) groups excluding carboxylic acids is 2. The van der Waals surface area contributed by atoms with Crippen LogP contribution in [-0.4, -0.2) is 31.6 Å². The van der Waals surface area contributed by atoms with E-state index in [9.17, 15) is 9.59 Å². The molecule has 5 heteroatoms. The van der Waals surface area contributed by atoms with Crippen molar-refractivity contribution >= 4 is 11.8 Å². The minimum absolute atomic E-state index is 0.0780. The Morgan fingerprint density at radius 1 is 0.391 bits per heavy atom. The third kappa shape index (κ3) is 35.7. The Bertz CT molecular complexity index is 602. The summed E-state index contributed by atoms with van der Waals surface area (Å²) in [6.07, 6.45) is 36.7. The van der Waals surface area contributed by atoms with Gasteiger partial charge in [0.1, 0.15) is 6.17 Å². The first kappa shape index (κ1) is 44.9. The minimum Gasteiger partial charge on any atom is -0.336 e. The molecule has 0 aliphatic carbocycles. The minimum atomic E-state index is -0.251. The van der Waals surface area contributed by atoms with E-state index in [0.29, 0.717) is 12.8 Å². The maximum absolute atomic E-state index is 12.6. The molecule has 0 bridgehead atoms. The molecule has 0 saturated heterocycles. The van der Waals surface area contributed by atoms with Gasteiger partial charge in [-0.25, -0.2) is 0 Å². The second kappa shape index (κ2) is 35.2. The van der Waals surface area contributed by atoms with Crippen molar-refractivity contribution in [1.29, 1.82) is 0 Å². The topological polar surface area (TPSA) is 70.2 Å². The predicted octanol–water partition coefficient (Wildman–Crippen LogP) is 11.8. The van der Waals surface area contributed by atoms with Gasteiger partial charge in [0, 0.05) is 12.8 Å². The standard InChI is InChI=1S/C41H83N3O2/c1-37(2)31-26-22-18-14-10-6-8-12-16-20-24-28-34-40(45)43-39(33-30-36-42-5)44-41(46)35-29-25-21-17-13-9-7-11-15-19-23-27-32-38(3)4/h37-39,42H,6-36H2,1-5H3,(H,43,45)(H,44,46). The van der Waals surface area contributed by atoms with Crippen LogP contribution in [0.5, 0.6) is 0 Å². The summed E-state index contributed by atoms with van der Waals surface area (Å²) in [6.45, 7) is 10.2. The van der Waals surface area contributed by atoms with Gasteiger partial charge < -0.3 is 16.0 Å². The van der Waals surface area contributed by atoms with E-state index < -0.39 is 0 Å². The second-order valence-corrected chi connectivity index (χ2v) is 15.3. The van der Waals surface area contributed by atoms with E-state index >= 15 is 0 Å². The van der Waals surface area contributed by atoms with E-state index in [1.807, 2.05) is 7.05 Å². The van der Waals surface area contributed by atoms with Crippen LogP contribution in [0.25, 0.3) is 0 Å². The molecule has 0 atom stereocenters. The molecule has 5 nitrogen and oxygen atoms in total. The smallest absolute Gasteiger partial charge is 0.221 e. The Morgan fingerprint density at radius 2 is 0.674 bits per heavy atom. The van der Waals surface area contributed by atoms with Crippen molar-refractivity contribution in [1.82, 2.24) is 16.0 Å². The van der Waals surface area contributed by atoms with Crippen LogP contribution < -0.4 is 16.0 Å². The van der Waals surface area contributed by atoms with E-state index in [0.717, 1.165) is 56.9 Å². The zero-order valence-electron chi connectivity index (χ0n) is 32.0. The molecular weight excluding hydrogens is 566 g/mol. The molecule has 46 heavy (non-hydrogen) atoms. The van der Waals surface area contributed by atoms with E-state index in [1.165, 1.54) is 141 Å². The van der Waals surface area contributed by atoms with Crippen molar-refractivity contribution < 1.29 is 9.59 Å². The van der Waals surface area contributed by atoms with Gasteiger partial charge in [-0.05, 0) is 51.1 Å². The van der Waals surface area contributed by atoms with Crippen molar-refractivity contribution in [3.63, 3.8) is 0 Å². The molecule has 0 aromatic carbocycles. The summed E-state index contributed by atoms with van der Waals surface area (Å²) < 4.78 is 0. The zero-order valence-corrected chi connectivity index (χ0v) is 32.0. The Morgan fingerprint density at radius 3 is 0.957 bits per heavy atom. The predicted molar refractivity (Wildman–Crippen MR) is 202 cm³/mol. The third-order valence-electron chi connectivity index (χ3n) is 9.46. The summed E-state index contributed by atoms with van der Waals surface area (Å²) in [5.41, 5.74) is 0. The van der Waals surface area contributed by atoms with Crippen LogP contribution in [0.3, 0.4) is 0 Å². The molecule has 0 rings (SSSR count). The molecule has 0 saturated carbocycles. The van der Waals surface area contributed by atoms with Crippen molar-refractivity contribution in [2.24, 2.45) is 11.8 Å². The average Bonchev–Trinajstić information content (AvgIpc) is 3.01. The Hall–Kier alpha value is -1.10. The largest absolute Gasteiger partial charge is 0.336 e. The van der Waals surface area contributed by atoms with Crippen LogP contribution in [0.15, 0.2) is 0 Å². The van der Waals surface area contributed by atoms with E-state index in [-0.39, 0.29) is 18.0 Å². The van der Waals surface area contributed by atoms with Gasteiger partial charge in [0.25, 0.3) is 0 Å². The van der Waals surface area contributed by atoms with Crippen molar-refractivity contribution in [3.05, 3.63) is 0 Å². The molecule has 0 spiro atoms. The molecule has 3 N–H and O–H groups in total. The van der Waals surface area contributed by atoms with Crippen molar-refractivity contribution in [2.75, 3.05) is 13.6 Å². The van der Waals surface area contributed by atoms with E-state index in [2.05, 4.69) is 43.6 Å². The SMILES string of the molecule is CNCCCC(NC(=O)CCCCCCCCCCCCCCC(C)C)NC(=O)CCCCCCCCCCCCCCC(C)C. The highest BCUT2D eigenvalue weighted by molar-refractivity contribution is 5.79. The molecular formula is C41H83N3O2. The molecule has 0 unspecified atom stereocenters. The van der Waals surface area contributed by atoms with Crippen molar-refractivity contribution in [3.8, 4) is 0 Å². The number of hydrogen-bond acceptors (Lipinski definition) is 3. The van der Waals surface area contributed by atoms with Gasteiger partial charge in [-0.3, -0.25) is 9.59 Å². The fourth-order valence-corrected chi connectivity index (χ4v) is 6.41. The van der Waals surface area contributed by atoms with E-state index in [4.69, 9.17) is 0 Å². The molecule has 0 aliphatic heterocycles. The van der Waals surface area contributed by atoms with Gasteiger partial charge in [0.2, 0.25) is 11.8 Å². The van der Waals surface area contributed by atoms with Crippen LogP contribution in [0.1, 0.15) is 220 Å². The molecule has 274 valence electrons. The third-order valence-corrected chi connectivity index (χ3v) is 9.46. The highest BCUT2D eigenvalue weighted by Gasteiger charge is 2.14. The van der Waals surface area contributed by atoms with Crippen LogP contribution in [0, 0.1) is 11.8 Å². The molecule has 0 fully saturated rings. The highest BCUT2D eigenvalue weighted by atomic mass is 16.2. The van der Waals surface area contributed by atoms with Gasteiger partial charge in [-0.2, -0.15) is 0 Å². The van der Waals surface area contributed by atoms with Crippen LogP contribution >= 0.6 is 0 Å². The summed E-state index contributed by atoms with van der Waals surface area (Å²) in [5.74, 6) is 1.86. The van der Waals surface area contributed by atoms with Crippen LogP contribution in [0.2, 0.25) is 0 Å². The van der Waals surface area contributed by atoms with Gasteiger partial charge in [-0.15, -0.1) is 0 Å². The lowest BCUT2D eigenvalue weighted by Crippen LogP contribution is -2.48. The van der Waals surface area contributed by atoms with Crippen molar-refractivity contribution in [2.45, 2.75) is 226 Å². The summed E-state index contributed by atoms with van der Waals surface area (Å²) in [7, 11) is 1.94. The first-order chi connectivity index (χ1) is 22.3. The van der Waals surface area contributed by atoms with E-state index in [1.54, 1.807) is 0 Å². The first-order valence-electron chi connectivity index (χ1n) is 20.6. The maximum Gasteiger partial charge on any atom is 0.221 e. The second-order valence-electron chi connectivity index (χ2n) is 15.3. The number of nitrogens with one attached hydrogen (secondary N) is 3. The number of carbonyl (C=O) groups is 2. The lowest BCUT2D eigenvalue weighted by atomic mass is 10.0. The van der Waals surface area contributed by atoms with Gasteiger partial charge in [-0.1, -0.05) is 182 Å². The maximum atomic E-state index is 12.6. The summed E-state index contributed by atoms with van der Waals surface area (Å²) in [6, 6.07) is 0. The molecule has 0 aliphatic rings. The van der Waals surface area contributed by atoms with Crippen LogP contribution in [-0.2, 0) is 9.59 Å². The summed E-state index contributed by atoms with van der Waals surface area (Å²) >= 11 is 0. The number of amides is 2. The molecule has 0 aromatic rings. The monoisotopic (exact) mass is 650 g/mol. The summed E-state index contributed by atoms with van der Waals surface area (Å²) in [5, 5.41) is 9.39. The molecule has 0 aromatic heterocycles. The normalized spacial score (nSPS) is 11.7. The quantitative estimate of drug-likeness (QED) is 0.0467. The number of hydrogen-bond donors (Lipinski definition) is 3. The fraction of sp³-hybridized carbons (Fsp3) is 0.951. The number of rotatable bonds is 36. The number of unbranched alkanes of at least 4 members (excludes halogenated alkanes) is 22. The Kier molecular flexibility index (Phi) is 34.4. The van der Waals surface area contributed by atoms with Gasteiger partial charge in [0.15, 0.2) is 0 Å². The Labute approximate surface area is 288 Å². The summed E-state index contributed by atoms with van der Waals surface area (Å²) in [4.78, 5) is 25.3. The fourth-order valence-electron chi connectivity index (χ4n) is 6.41. The molecule has 0 heterocycles. The lowest BCUT2D eigenvalue weighted by Gasteiger charge is -2.20. The lowest BCUT2D eigenvalue weighted by molar-refractivity contribution is -0.124. The Balaban J connectivity index is 3.80. The highest BCUT2D eigenvalue weighted by Crippen LogP contribution is 2.16.